The third kappa shape index (κ3) is 2.33. The Hall–Kier alpha value is -2.26. The van der Waals surface area contributed by atoms with Gasteiger partial charge in [-0.2, -0.15) is 0 Å². The van der Waals surface area contributed by atoms with Gasteiger partial charge in [0.15, 0.2) is 23.8 Å². The molecule has 0 aromatic heterocycles. The fourth-order valence-electron chi connectivity index (χ4n) is 2.04. The van der Waals surface area contributed by atoms with Crippen LogP contribution < -0.4 is 0 Å². The predicted molar refractivity (Wildman–Crippen MR) is 70.2 cm³/mol. The molecule has 0 amide bonds. The van der Waals surface area contributed by atoms with Crippen molar-refractivity contribution < 1.29 is 14.3 Å². The molecule has 1 saturated heterocycles. The van der Waals surface area contributed by atoms with E-state index in [0.717, 1.165) is 0 Å². The standard InChI is InChI=1S/C16H12O3/c17-13(11-7-3-1-4-8-11)15-16(19-15)14(18)12-9-5-2-6-10-12/h1-10,15-16H/t15-,16-/m1/s1. The van der Waals surface area contributed by atoms with Gasteiger partial charge in [0.25, 0.3) is 0 Å². The number of epoxide rings is 1. The molecule has 0 saturated carbocycles. The van der Waals surface area contributed by atoms with Crippen molar-refractivity contribution in [2.45, 2.75) is 12.2 Å². The molecule has 0 unspecified atom stereocenters. The summed E-state index contributed by atoms with van der Waals surface area (Å²) in [6, 6.07) is 17.8. The highest BCUT2D eigenvalue weighted by molar-refractivity contribution is 6.10. The fourth-order valence-corrected chi connectivity index (χ4v) is 2.04. The van der Waals surface area contributed by atoms with Crippen LogP contribution in [0.2, 0.25) is 0 Å². The van der Waals surface area contributed by atoms with Crippen LogP contribution in [0, 0.1) is 0 Å². The maximum Gasteiger partial charge on any atom is 0.194 e. The molecular weight excluding hydrogens is 240 g/mol. The number of carbonyl (C=O) groups is 2. The molecule has 94 valence electrons. The van der Waals surface area contributed by atoms with Crippen molar-refractivity contribution in [3.63, 3.8) is 0 Å². The topological polar surface area (TPSA) is 46.7 Å². The lowest BCUT2D eigenvalue weighted by atomic mass is 10.0. The number of benzene rings is 2. The first-order chi connectivity index (χ1) is 9.27. The zero-order valence-corrected chi connectivity index (χ0v) is 10.2. The van der Waals surface area contributed by atoms with Crippen LogP contribution in [0.1, 0.15) is 20.7 Å². The van der Waals surface area contributed by atoms with Crippen LogP contribution >= 0.6 is 0 Å². The summed E-state index contributed by atoms with van der Waals surface area (Å²) >= 11 is 0. The molecule has 0 spiro atoms. The summed E-state index contributed by atoms with van der Waals surface area (Å²) in [6.45, 7) is 0. The van der Waals surface area contributed by atoms with Crippen LogP contribution in [0.3, 0.4) is 0 Å². The largest absolute Gasteiger partial charge is 0.352 e. The lowest BCUT2D eigenvalue weighted by molar-refractivity contribution is 0.0948. The first kappa shape index (κ1) is 11.8. The number of hydrogen-bond donors (Lipinski definition) is 0. The fraction of sp³-hybridized carbons (Fsp3) is 0.125. The van der Waals surface area contributed by atoms with E-state index in [2.05, 4.69) is 0 Å². The normalized spacial score (nSPS) is 20.8. The monoisotopic (exact) mass is 252 g/mol. The highest BCUT2D eigenvalue weighted by Crippen LogP contribution is 2.29. The van der Waals surface area contributed by atoms with E-state index in [1.807, 2.05) is 12.1 Å². The Morgan fingerprint density at radius 1 is 0.684 bits per heavy atom. The van der Waals surface area contributed by atoms with Crippen molar-refractivity contribution >= 4 is 11.6 Å². The number of rotatable bonds is 4. The first-order valence-electron chi connectivity index (χ1n) is 6.11. The second-order valence-corrected chi connectivity index (χ2v) is 4.44. The zero-order chi connectivity index (χ0) is 13.2. The van der Waals surface area contributed by atoms with Crippen molar-refractivity contribution in [1.82, 2.24) is 0 Å². The number of hydrogen-bond acceptors (Lipinski definition) is 3. The number of ketones is 2. The molecule has 0 N–H and O–H groups in total. The Kier molecular flexibility index (Phi) is 2.97. The number of Topliss-reactive ketones (excluding diaryl/α,β-unsaturated/α-hetero) is 2. The molecule has 1 heterocycles. The highest BCUT2D eigenvalue weighted by Gasteiger charge is 2.50. The van der Waals surface area contributed by atoms with Gasteiger partial charge in [-0.15, -0.1) is 0 Å². The molecule has 19 heavy (non-hydrogen) atoms. The van der Waals surface area contributed by atoms with Crippen molar-refractivity contribution in [3.8, 4) is 0 Å². The van der Waals surface area contributed by atoms with E-state index in [1.165, 1.54) is 0 Å². The zero-order valence-electron chi connectivity index (χ0n) is 10.2. The van der Waals surface area contributed by atoms with Gasteiger partial charge in [0.2, 0.25) is 0 Å². The summed E-state index contributed by atoms with van der Waals surface area (Å²) in [5, 5.41) is 0. The van der Waals surface area contributed by atoms with E-state index < -0.39 is 12.2 Å². The Morgan fingerprint density at radius 2 is 1.05 bits per heavy atom. The molecule has 2 aromatic carbocycles. The van der Waals surface area contributed by atoms with Crippen LogP contribution in [-0.2, 0) is 4.74 Å². The maximum atomic E-state index is 12.1. The van der Waals surface area contributed by atoms with Crippen LogP contribution in [0.5, 0.6) is 0 Å². The van der Waals surface area contributed by atoms with E-state index in [0.29, 0.717) is 11.1 Å². The molecule has 3 heteroatoms. The van der Waals surface area contributed by atoms with Gasteiger partial charge in [-0.25, -0.2) is 0 Å². The van der Waals surface area contributed by atoms with Crippen molar-refractivity contribution in [2.75, 3.05) is 0 Å². The molecule has 1 aliphatic heterocycles. The molecule has 3 rings (SSSR count). The molecule has 0 bridgehead atoms. The van der Waals surface area contributed by atoms with Gasteiger partial charge in [0.05, 0.1) is 0 Å². The minimum Gasteiger partial charge on any atom is -0.352 e. The average Bonchev–Trinajstić information content (AvgIpc) is 3.28. The van der Waals surface area contributed by atoms with Gasteiger partial charge in [-0.3, -0.25) is 9.59 Å². The van der Waals surface area contributed by atoms with Crippen LogP contribution in [0.15, 0.2) is 60.7 Å². The smallest absolute Gasteiger partial charge is 0.194 e. The molecule has 0 radical (unpaired) electrons. The third-order valence-electron chi connectivity index (χ3n) is 3.13. The summed E-state index contributed by atoms with van der Waals surface area (Å²) < 4.78 is 5.25. The van der Waals surface area contributed by atoms with Gasteiger partial charge >= 0.3 is 0 Å². The summed E-state index contributed by atoms with van der Waals surface area (Å²) in [5.41, 5.74) is 1.16. The molecular formula is C16H12O3. The molecule has 0 aliphatic carbocycles. The number of carbonyl (C=O) groups excluding carboxylic acids is 2. The Balaban J connectivity index is 1.72. The molecule has 3 nitrogen and oxygen atoms in total. The first-order valence-corrected chi connectivity index (χ1v) is 6.11. The SMILES string of the molecule is O=C(c1ccccc1)[C@H]1O[C@@H]1C(=O)c1ccccc1. The highest BCUT2D eigenvalue weighted by atomic mass is 16.6. The van der Waals surface area contributed by atoms with Crippen LogP contribution in [-0.4, -0.2) is 23.8 Å². The Morgan fingerprint density at radius 3 is 1.42 bits per heavy atom. The third-order valence-corrected chi connectivity index (χ3v) is 3.13. The van der Waals surface area contributed by atoms with Crippen LogP contribution in [0.25, 0.3) is 0 Å². The van der Waals surface area contributed by atoms with Gasteiger partial charge in [-0.1, -0.05) is 60.7 Å². The maximum absolute atomic E-state index is 12.1. The van der Waals surface area contributed by atoms with Gasteiger partial charge in [0.1, 0.15) is 0 Å². The summed E-state index contributed by atoms with van der Waals surface area (Å²) in [5.74, 6) is -0.259. The minimum absolute atomic E-state index is 0.130. The van der Waals surface area contributed by atoms with E-state index in [9.17, 15) is 9.59 Å². The summed E-state index contributed by atoms with van der Waals surface area (Å²) in [7, 11) is 0. The van der Waals surface area contributed by atoms with Crippen LogP contribution in [0.4, 0.5) is 0 Å². The van der Waals surface area contributed by atoms with E-state index >= 15 is 0 Å². The van der Waals surface area contributed by atoms with Crippen molar-refractivity contribution in [2.24, 2.45) is 0 Å². The Labute approximate surface area is 110 Å². The molecule has 2 aromatic rings. The van der Waals surface area contributed by atoms with Gasteiger partial charge < -0.3 is 4.74 Å². The minimum atomic E-state index is -0.630. The lowest BCUT2D eigenvalue weighted by Gasteiger charge is -1.97. The number of ether oxygens (including phenoxy) is 1. The van der Waals surface area contributed by atoms with Gasteiger partial charge in [-0.05, 0) is 0 Å². The van der Waals surface area contributed by atoms with Crippen molar-refractivity contribution in [3.05, 3.63) is 71.8 Å². The Bertz CT molecular complexity index is 549. The quantitative estimate of drug-likeness (QED) is 0.620. The van der Waals surface area contributed by atoms with E-state index in [4.69, 9.17) is 4.74 Å². The average molecular weight is 252 g/mol. The van der Waals surface area contributed by atoms with E-state index in [1.54, 1.807) is 48.5 Å². The summed E-state index contributed by atoms with van der Waals surface area (Å²) in [6.07, 6.45) is -1.26. The second kappa shape index (κ2) is 4.78. The van der Waals surface area contributed by atoms with E-state index in [-0.39, 0.29) is 11.6 Å². The second-order valence-electron chi connectivity index (χ2n) is 4.44. The molecule has 1 aliphatic rings. The molecule has 1 fully saturated rings. The van der Waals surface area contributed by atoms with Gasteiger partial charge in [0, 0.05) is 11.1 Å². The predicted octanol–water partition coefficient (Wildman–Crippen LogP) is 2.52. The van der Waals surface area contributed by atoms with Crippen molar-refractivity contribution in [1.29, 1.82) is 0 Å². The lowest BCUT2D eigenvalue weighted by Crippen LogP contribution is -2.16. The summed E-state index contributed by atoms with van der Waals surface area (Å²) in [4.78, 5) is 24.2. The molecule has 2 atom stereocenters.